The average molecular weight is 670 g/mol. The summed E-state index contributed by atoms with van der Waals surface area (Å²) in [6.07, 6.45) is 38.4. The fraction of sp³-hybridized carbons (Fsp3) is 0.757. The van der Waals surface area contributed by atoms with Crippen LogP contribution in [-0.4, -0.2) is 49.9 Å². The van der Waals surface area contributed by atoms with E-state index in [-0.39, 0.29) is 32.3 Å². The number of hydrogen-bond acceptors (Lipinski definition) is 7. The van der Waals surface area contributed by atoms with Crippen molar-refractivity contribution < 1.29 is 32.8 Å². The number of carbonyl (C=O) groups is 1. The first kappa shape index (κ1) is 44.5. The van der Waals surface area contributed by atoms with E-state index in [4.69, 9.17) is 24.3 Å². The van der Waals surface area contributed by atoms with Gasteiger partial charge in [-0.3, -0.25) is 13.8 Å². The van der Waals surface area contributed by atoms with Crippen LogP contribution < -0.4 is 5.73 Å². The van der Waals surface area contributed by atoms with Crippen LogP contribution in [-0.2, 0) is 27.9 Å². The van der Waals surface area contributed by atoms with Crippen LogP contribution in [0.2, 0.25) is 0 Å². The Kier molecular flexibility index (Phi) is 33.6. The van der Waals surface area contributed by atoms with E-state index in [1.165, 1.54) is 51.4 Å². The molecule has 9 heteroatoms. The van der Waals surface area contributed by atoms with Gasteiger partial charge < -0.3 is 20.1 Å². The minimum absolute atomic E-state index is 0.0966. The molecule has 0 heterocycles. The Morgan fingerprint density at radius 3 is 1.83 bits per heavy atom. The first-order chi connectivity index (χ1) is 22.4. The van der Waals surface area contributed by atoms with Gasteiger partial charge in [-0.05, 0) is 51.4 Å². The predicted molar refractivity (Wildman–Crippen MR) is 192 cm³/mol. The molecule has 2 unspecified atom stereocenters. The van der Waals surface area contributed by atoms with Crippen molar-refractivity contribution in [2.24, 2.45) is 5.73 Å². The van der Waals surface area contributed by atoms with Gasteiger partial charge in [-0.2, -0.15) is 0 Å². The number of carbonyl (C=O) groups excluding carboxylic acids is 1. The van der Waals surface area contributed by atoms with Crippen LogP contribution in [0.1, 0.15) is 142 Å². The van der Waals surface area contributed by atoms with Crippen LogP contribution >= 0.6 is 7.82 Å². The number of hydrogen-bond donors (Lipinski definition) is 2. The molecule has 0 bridgehead atoms. The lowest BCUT2D eigenvalue weighted by Gasteiger charge is -2.20. The van der Waals surface area contributed by atoms with E-state index in [1.54, 1.807) is 0 Å². The second-order valence-electron chi connectivity index (χ2n) is 11.7. The molecular formula is C37H68NO7P. The van der Waals surface area contributed by atoms with E-state index in [9.17, 15) is 14.3 Å². The van der Waals surface area contributed by atoms with E-state index in [2.05, 4.69) is 62.5 Å². The highest BCUT2D eigenvalue weighted by molar-refractivity contribution is 7.47. The van der Waals surface area contributed by atoms with Crippen LogP contribution in [0.15, 0.2) is 48.6 Å². The van der Waals surface area contributed by atoms with Crippen LogP contribution in [0.5, 0.6) is 0 Å². The van der Waals surface area contributed by atoms with Gasteiger partial charge in [0, 0.05) is 19.6 Å². The molecule has 0 saturated carbocycles. The van der Waals surface area contributed by atoms with Crippen molar-refractivity contribution in [3.8, 4) is 0 Å². The third kappa shape index (κ3) is 33.8. The molecular weight excluding hydrogens is 601 g/mol. The maximum Gasteiger partial charge on any atom is 0.472 e. The van der Waals surface area contributed by atoms with Crippen molar-refractivity contribution >= 4 is 13.8 Å². The summed E-state index contributed by atoms with van der Waals surface area (Å²) < 4.78 is 33.1. The topological polar surface area (TPSA) is 117 Å². The molecule has 0 radical (unpaired) electrons. The summed E-state index contributed by atoms with van der Waals surface area (Å²) >= 11 is 0. The summed E-state index contributed by atoms with van der Waals surface area (Å²) in [4.78, 5) is 22.3. The van der Waals surface area contributed by atoms with Gasteiger partial charge in [0.15, 0.2) is 0 Å². The lowest BCUT2D eigenvalue weighted by molar-refractivity contribution is -0.154. The van der Waals surface area contributed by atoms with E-state index < -0.39 is 13.9 Å². The molecule has 0 aromatic carbocycles. The Balaban J connectivity index is 4.09. The van der Waals surface area contributed by atoms with Crippen molar-refractivity contribution in [1.82, 2.24) is 0 Å². The molecule has 0 aliphatic heterocycles. The molecule has 8 nitrogen and oxygen atoms in total. The second kappa shape index (κ2) is 34.8. The van der Waals surface area contributed by atoms with Crippen molar-refractivity contribution in [2.75, 3.05) is 33.0 Å². The second-order valence-corrected chi connectivity index (χ2v) is 13.2. The molecule has 0 saturated heterocycles. The molecule has 3 N–H and O–H groups in total. The maximum atomic E-state index is 12.5. The average Bonchev–Trinajstić information content (AvgIpc) is 3.04. The highest BCUT2D eigenvalue weighted by atomic mass is 31.2. The van der Waals surface area contributed by atoms with Gasteiger partial charge in [0.1, 0.15) is 6.10 Å². The Bertz CT molecular complexity index is 844. The monoisotopic (exact) mass is 669 g/mol. The van der Waals surface area contributed by atoms with Crippen molar-refractivity contribution in [3.05, 3.63) is 48.6 Å². The number of ether oxygens (including phenoxy) is 2. The highest BCUT2D eigenvalue weighted by Crippen LogP contribution is 2.43. The Morgan fingerprint density at radius 2 is 1.22 bits per heavy atom. The summed E-state index contributed by atoms with van der Waals surface area (Å²) in [7, 11) is -4.27. The summed E-state index contributed by atoms with van der Waals surface area (Å²) in [5.74, 6) is -0.348. The predicted octanol–water partition coefficient (Wildman–Crippen LogP) is 10.1. The van der Waals surface area contributed by atoms with Crippen LogP contribution in [0.25, 0.3) is 0 Å². The fourth-order valence-electron chi connectivity index (χ4n) is 4.63. The standard InChI is InChI=1S/C37H68NO7P/c1-3-5-7-9-11-13-14-15-16-17-18-19-20-21-22-23-24-26-28-30-37(39)45-36(35-44-46(40,41)43-33-31-38)34-42-32-29-27-25-12-10-8-6-4-2/h5,7,11,13,15-16,18-19,36H,3-4,6,8-10,12,14,17,20-35,38H2,1-2H3,(H,40,41)/b7-5-,13-11-,16-15-,19-18-. The molecule has 268 valence electrons. The molecule has 0 aliphatic carbocycles. The largest absolute Gasteiger partial charge is 0.472 e. The van der Waals surface area contributed by atoms with Gasteiger partial charge in [0.05, 0.1) is 19.8 Å². The third-order valence-corrected chi connectivity index (χ3v) is 8.24. The van der Waals surface area contributed by atoms with Gasteiger partial charge in [-0.15, -0.1) is 0 Å². The van der Waals surface area contributed by atoms with E-state index in [1.807, 2.05) is 0 Å². The van der Waals surface area contributed by atoms with Crippen LogP contribution in [0.3, 0.4) is 0 Å². The zero-order chi connectivity index (χ0) is 33.8. The normalized spacial score (nSPS) is 14.3. The zero-order valence-electron chi connectivity index (χ0n) is 29.3. The third-order valence-electron chi connectivity index (χ3n) is 7.26. The number of esters is 1. The van der Waals surface area contributed by atoms with E-state index >= 15 is 0 Å². The number of unbranched alkanes of at least 4 members (excludes halogenated alkanes) is 13. The van der Waals surface area contributed by atoms with Crippen LogP contribution in [0.4, 0.5) is 0 Å². The molecule has 0 aromatic heterocycles. The first-order valence-electron chi connectivity index (χ1n) is 18.1. The molecule has 0 spiro atoms. The number of phosphoric acid groups is 1. The van der Waals surface area contributed by atoms with Gasteiger partial charge in [0.25, 0.3) is 0 Å². The van der Waals surface area contributed by atoms with E-state index in [0.717, 1.165) is 70.6 Å². The molecule has 0 fully saturated rings. The van der Waals surface area contributed by atoms with Gasteiger partial charge >= 0.3 is 13.8 Å². The minimum Gasteiger partial charge on any atom is -0.457 e. The number of rotatable bonds is 34. The summed E-state index contributed by atoms with van der Waals surface area (Å²) in [5.41, 5.74) is 5.34. The summed E-state index contributed by atoms with van der Waals surface area (Å²) in [6.45, 7) is 4.75. The minimum atomic E-state index is -4.27. The Morgan fingerprint density at radius 1 is 0.674 bits per heavy atom. The molecule has 0 rings (SSSR count). The van der Waals surface area contributed by atoms with Gasteiger partial charge in [0.2, 0.25) is 0 Å². The summed E-state index contributed by atoms with van der Waals surface area (Å²) in [6, 6.07) is 0. The lowest BCUT2D eigenvalue weighted by Crippen LogP contribution is -2.28. The quantitative estimate of drug-likeness (QED) is 0.0301. The van der Waals surface area contributed by atoms with Crippen LogP contribution in [0, 0.1) is 0 Å². The Labute approximate surface area is 281 Å². The van der Waals surface area contributed by atoms with Crippen molar-refractivity contribution in [2.45, 2.75) is 148 Å². The first-order valence-corrected chi connectivity index (χ1v) is 19.6. The SMILES string of the molecule is CC/C=C\C/C=C\C/C=C\C/C=C\CCCCCCCCC(=O)OC(COCCCCCCCCCC)COP(=O)(O)OCCN. The molecule has 0 amide bonds. The maximum absolute atomic E-state index is 12.5. The number of phosphoric ester groups is 1. The smallest absolute Gasteiger partial charge is 0.457 e. The van der Waals surface area contributed by atoms with Crippen molar-refractivity contribution in [1.29, 1.82) is 0 Å². The van der Waals surface area contributed by atoms with Crippen molar-refractivity contribution in [3.63, 3.8) is 0 Å². The van der Waals surface area contributed by atoms with E-state index in [0.29, 0.717) is 13.0 Å². The fourth-order valence-corrected chi connectivity index (χ4v) is 5.40. The van der Waals surface area contributed by atoms with Gasteiger partial charge in [-0.25, -0.2) is 4.57 Å². The molecule has 0 aliphatic rings. The zero-order valence-corrected chi connectivity index (χ0v) is 30.2. The highest BCUT2D eigenvalue weighted by Gasteiger charge is 2.25. The lowest BCUT2D eigenvalue weighted by atomic mass is 10.1. The number of allylic oxidation sites excluding steroid dienone is 8. The molecule has 0 aromatic rings. The Hall–Kier alpha value is -1.54. The molecule has 46 heavy (non-hydrogen) atoms. The van der Waals surface area contributed by atoms with Gasteiger partial charge in [-0.1, -0.05) is 133 Å². The number of nitrogens with two attached hydrogens (primary N) is 1. The summed E-state index contributed by atoms with van der Waals surface area (Å²) in [5, 5.41) is 0. The molecule has 2 atom stereocenters.